The van der Waals surface area contributed by atoms with Gasteiger partial charge in [-0.2, -0.15) is 5.10 Å². The summed E-state index contributed by atoms with van der Waals surface area (Å²) in [5.74, 6) is 1.62. The third kappa shape index (κ3) is 4.64. The summed E-state index contributed by atoms with van der Waals surface area (Å²) in [5.41, 5.74) is 3.30. The topological polar surface area (TPSA) is 80.2 Å². The lowest BCUT2D eigenvalue weighted by molar-refractivity contribution is -0.114. The molecule has 0 spiro atoms. The molecule has 8 heteroatoms. The van der Waals surface area contributed by atoms with E-state index < -0.39 is 0 Å². The lowest BCUT2D eigenvalue weighted by atomic mass is 10.1. The van der Waals surface area contributed by atoms with Crippen LogP contribution in [-0.2, 0) is 11.3 Å². The van der Waals surface area contributed by atoms with Gasteiger partial charge in [0.15, 0.2) is 11.5 Å². The van der Waals surface area contributed by atoms with Crippen molar-refractivity contribution in [3.8, 4) is 11.5 Å². The number of amides is 2. The molecule has 0 aliphatic carbocycles. The Bertz CT molecular complexity index is 912. The molecule has 0 atom stereocenters. The van der Waals surface area contributed by atoms with Crippen LogP contribution in [0.4, 0.5) is 10.5 Å². The molecular formula is C20H21N3O4S. The molecule has 2 aromatic carbocycles. The van der Waals surface area contributed by atoms with Gasteiger partial charge in [0.05, 0.1) is 26.5 Å². The minimum absolute atomic E-state index is 0.102. The molecule has 1 aliphatic rings. The van der Waals surface area contributed by atoms with Crippen LogP contribution in [0.2, 0.25) is 0 Å². The normalized spacial score (nSPS) is 13.8. The molecule has 1 aliphatic heterocycles. The molecule has 0 unspecified atom stereocenters. The fourth-order valence-corrected chi connectivity index (χ4v) is 3.49. The molecule has 2 aromatic rings. The van der Waals surface area contributed by atoms with Crippen molar-refractivity contribution >= 4 is 34.3 Å². The van der Waals surface area contributed by atoms with Gasteiger partial charge in [-0.25, -0.2) is 5.01 Å². The van der Waals surface area contributed by atoms with Crippen LogP contribution >= 0.6 is 11.8 Å². The van der Waals surface area contributed by atoms with Crippen LogP contribution in [0.1, 0.15) is 18.1 Å². The highest BCUT2D eigenvalue weighted by Crippen LogP contribution is 2.30. The maximum Gasteiger partial charge on any atom is 0.302 e. The second kappa shape index (κ2) is 8.79. The van der Waals surface area contributed by atoms with Crippen LogP contribution in [0.5, 0.6) is 11.5 Å². The van der Waals surface area contributed by atoms with E-state index in [2.05, 4.69) is 10.4 Å². The summed E-state index contributed by atoms with van der Waals surface area (Å²) < 4.78 is 10.6. The van der Waals surface area contributed by atoms with E-state index in [-0.39, 0.29) is 11.1 Å². The van der Waals surface area contributed by atoms with Crippen molar-refractivity contribution in [2.75, 3.05) is 25.3 Å². The molecule has 0 fully saturated rings. The maximum atomic E-state index is 12.3. The molecule has 2 amide bonds. The average Bonchev–Trinajstić information content (AvgIpc) is 2.70. The van der Waals surface area contributed by atoms with Crippen molar-refractivity contribution in [2.24, 2.45) is 5.10 Å². The number of hydrazone groups is 1. The molecule has 1 heterocycles. The van der Waals surface area contributed by atoms with Crippen LogP contribution in [-0.4, -0.2) is 41.8 Å². The zero-order valence-electron chi connectivity index (χ0n) is 15.9. The van der Waals surface area contributed by atoms with Gasteiger partial charge in [0.2, 0.25) is 5.91 Å². The second-order valence-corrected chi connectivity index (χ2v) is 7.03. The summed E-state index contributed by atoms with van der Waals surface area (Å²) in [6, 6.07) is 12.9. The molecule has 1 N–H and O–H groups in total. The third-order valence-corrected chi connectivity index (χ3v) is 4.98. The van der Waals surface area contributed by atoms with Crippen LogP contribution in [0.3, 0.4) is 0 Å². The van der Waals surface area contributed by atoms with Gasteiger partial charge in [-0.05, 0) is 35.9 Å². The van der Waals surface area contributed by atoms with E-state index >= 15 is 0 Å². The minimum atomic E-state index is -0.125. The highest BCUT2D eigenvalue weighted by Gasteiger charge is 2.23. The summed E-state index contributed by atoms with van der Waals surface area (Å²) in [6.07, 6.45) is 0. The lowest BCUT2D eigenvalue weighted by Gasteiger charge is -2.23. The molecular weight excluding hydrogens is 378 g/mol. The second-order valence-electron chi connectivity index (χ2n) is 6.11. The Morgan fingerprint density at radius 2 is 1.86 bits per heavy atom. The van der Waals surface area contributed by atoms with E-state index in [0.717, 1.165) is 16.8 Å². The van der Waals surface area contributed by atoms with Gasteiger partial charge in [-0.1, -0.05) is 23.9 Å². The lowest BCUT2D eigenvalue weighted by Crippen LogP contribution is -2.29. The van der Waals surface area contributed by atoms with Crippen LogP contribution < -0.4 is 14.8 Å². The Morgan fingerprint density at radius 3 is 2.50 bits per heavy atom. The number of methoxy groups -OCH3 is 2. The number of hydrogen-bond acceptors (Lipinski definition) is 6. The fourth-order valence-electron chi connectivity index (χ4n) is 2.75. The highest BCUT2D eigenvalue weighted by molar-refractivity contribution is 8.14. The summed E-state index contributed by atoms with van der Waals surface area (Å²) in [4.78, 5) is 23.4. The van der Waals surface area contributed by atoms with Crippen molar-refractivity contribution in [2.45, 2.75) is 13.5 Å². The van der Waals surface area contributed by atoms with E-state index in [0.29, 0.717) is 29.5 Å². The number of carbonyl (C=O) groups is 2. The fraction of sp³-hybridized carbons (Fsp3) is 0.250. The van der Waals surface area contributed by atoms with E-state index in [1.165, 1.54) is 23.7 Å². The molecule has 0 saturated carbocycles. The van der Waals surface area contributed by atoms with Crippen molar-refractivity contribution < 1.29 is 19.1 Å². The quantitative estimate of drug-likeness (QED) is 0.800. The molecule has 0 saturated heterocycles. The summed E-state index contributed by atoms with van der Waals surface area (Å²) in [5, 5.41) is 8.61. The number of nitrogens with zero attached hydrogens (tertiary/aromatic N) is 2. The standard InChI is InChI=1S/C20H21N3O4S/c1-13(24)21-16-7-4-14(5-8-16)11-23-20(25)28-12-17(22-23)15-6-9-18(26-2)19(10-15)27-3/h4-10H,11-12H2,1-3H3,(H,21,24). The van der Waals surface area contributed by atoms with Crippen molar-refractivity contribution in [3.05, 3.63) is 53.6 Å². The van der Waals surface area contributed by atoms with Crippen molar-refractivity contribution in [1.82, 2.24) is 5.01 Å². The van der Waals surface area contributed by atoms with Gasteiger partial charge in [-0.3, -0.25) is 9.59 Å². The van der Waals surface area contributed by atoms with Crippen molar-refractivity contribution in [1.29, 1.82) is 0 Å². The van der Waals surface area contributed by atoms with Gasteiger partial charge in [0.1, 0.15) is 0 Å². The summed E-state index contributed by atoms with van der Waals surface area (Å²) in [6.45, 7) is 1.81. The summed E-state index contributed by atoms with van der Waals surface area (Å²) >= 11 is 1.21. The van der Waals surface area contributed by atoms with E-state index in [1.807, 2.05) is 30.3 Å². The average molecular weight is 399 g/mol. The Kier molecular flexibility index (Phi) is 6.20. The number of anilines is 1. The number of rotatable bonds is 6. The molecule has 0 radical (unpaired) electrons. The largest absolute Gasteiger partial charge is 0.493 e. The molecule has 0 aromatic heterocycles. The number of carbonyl (C=O) groups excluding carboxylic acids is 2. The van der Waals surface area contributed by atoms with Gasteiger partial charge >= 0.3 is 5.24 Å². The van der Waals surface area contributed by atoms with E-state index in [4.69, 9.17) is 9.47 Å². The Labute approximate surface area is 167 Å². The van der Waals surface area contributed by atoms with Gasteiger partial charge in [0.25, 0.3) is 0 Å². The minimum Gasteiger partial charge on any atom is -0.493 e. The number of hydrogen-bond donors (Lipinski definition) is 1. The monoisotopic (exact) mass is 399 g/mol. The number of ether oxygens (including phenoxy) is 2. The first-order valence-electron chi connectivity index (χ1n) is 8.61. The predicted molar refractivity (Wildman–Crippen MR) is 110 cm³/mol. The number of benzene rings is 2. The first-order valence-corrected chi connectivity index (χ1v) is 9.59. The molecule has 3 rings (SSSR count). The van der Waals surface area contributed by atoms with E-state index in [1.54, 1.807) is 26.4 Å². The van der Waals surface area contributed by atoms with Crippen LogP contribution in [0, 0.1) is 0 Å². The van der Waals surface area contributed by atoms with Gasteiger partial charge < -0.3 is 14.8 Å². The SMILES string of the molecule is COc1ccc(C2=NN(Cc3ccc(NC(C)=O)cc3)C(=O)SC2)cc1OC. The molecule has 28 heavy (non-hydrogen) atoms. The Hall–Kier alpha value is -3.00. The molecule has 7 nitrogen and oxygen atoms in total. The zero-order chi connectivity index (χ0) is 20.1. The molecule has 146 valence electrons. The van der Waals surface area contributed by atoms with Crippen molar-refractivity contribution in [3.63, 3.8) is 0 Å². The predicted octanol–water partition coefficient (Wildman–Crippen LogP) is 3.74. The molecule has 0 bridgehead atoms. The van der Waals surface area contributed by atoms with E-state index in [9.17, 15) is 9.59 Å². The first-order chi connectivity index (χ1) is 13.5. The highest BCUT2D eigenvalue weighted by atomic mass is 32.2. The first kappa shape index (κ1) is 19.8. The zero-order valence-corrected chi connectivity index (χ0v) is 16.7. The van der Waals surface area contributed by atoms with Gasteiger partial charge in [0, 0.05) is 23.9 Å². The van der Waals surface area contributed by atoms with Crippen LogP contribution in [0.15, 0.2) is 47.6 Å². The van der Waals surface area contributed by atoms with Gasteiger partial charge in [-0.15, -0.1) is 0 Å². The number of nitrogens with one attached hydrogen (secondary N) is 1. The number of thioether (sulfide) groups is 1. The Balaban J connectivity index is 1.79. The Morgan fingerprint density at radius 1 is 1.14 bits per heavy atom. The maximum absolute atomic E-state index is 12.3. The van der Waals surface area contributed by atoms with Crippen LogP contribution in [0.25, 0.3) is 0 Å². The summed E-state index contributed by atoms with van der Waals surface area (Å²) in [7, 11) is 3.17. The smallest absolute Gasteiger partial charge is 0.302 e. The third-order valence-electron chi connectivity index (χ3n) is 4.11.